The number of carbonyl (C=O) groups is 2. The van der Waals surface area contributed by atoms with Crippen molar-refractivity contribution in [1.82, 2.24) is 14.7 Å². The van der Waals surface area contributed by atoms with Crippen LogP contribution in [-0.2, 0) is 14.2 Å². The van der Waals surface area contributed by atoms with Gasteiger partial charge < -0.3 is 14.2 Å². The van der Waals surface area contributed by atoms with Crippen molar-refractivity contribution in [2.75, 3.05) is 46.6 Å². The van der Waals surface area contributed by atoms with E-state index >= 15 is 0 Å². The summed E-state index contributed by atoms with van der Waals surface area (Å²) in [6.45, 7) is 6.87. The minimum atomic E-state index is -0.344. The van der Waals surface area contributed by atoms with Gasteiger partial charge in [0.05, 0.1) is 38.5 Å². The molecule has 0 N–H and O–H groups in total. The Labute approximate surface area is 129 Å². The molecule has 2 unspecified atom stereocenters. The highest BCUT2D eigenvalue weighted by Crippen LogP contribution is 2.26. The quantitative estimate of drug-likeness (QED) is 0.480. The van der Waals surface area contributed by atoms with E-state index in [4.69, 9.17) is 14.2 Å². The van der Waals surface area contributed by atoms with Crippen LogP contribution in [0.3, 0.4) is 0 Å². The van der Waals surface area contributed by atoms with Gasteiger partial charge in [0.15, 0.2) is 0 Å². The molecule has 122 valence electrons. The summed E-state index contributed by atoms with van der Waals surface area (Å²) >= 11 is 0. The van der Waals surface area contributed by atoms with E-state index < -0.39 is 0 Å². The standard InChI is InChI=1S/C14H21N3O5/c1-10-15(4-3-5-20-2)13(18)17(7-12-9-22-12)14(19)16(10)6-11-8-21-11/h11-12H,1,3-9H2,2H3. The van der Waals surface area contributed by atoms with E-state index in [-0.39, 0.29) is 30.8 Å². The Bertz CT molecular complexity index is 439. The Kier molecular flexibility index (Phi) is 4.32. The summed E-state index contributed by atoms with van der Waals surface area (Å²) in [5.41, 5.74) is 0. The highest BCUT2D eigenvalue weighted by Gasteiger charge is 2.44. The number of epoxide rings is 2. The first-order chi connectivity index (χ1) is 10.6. The van der Waals surface area contributed by atoms with E-state index in [2.05, 4.69) is 6.58 Å². The van der Waals surface area contributed by atoms with Crippen molar-refractivity contribution < 1.29 is 23.8 Å². The van der Waals surface area contributed by atoms with E-state index in [0.717, 1.165) is 0 Å². The van der Waals surface area contributed by atoms with Crippen molar-refractivity contribution in [3.05, 3.63) is 12.4 Å². The summed E-state index contributed by atoms with van der Waals surface area (Å²) < 4.78 is 15.4. The first kappa shape index (κ1) is 15.3. The van der Waals surface area contributed by atoms with Crippen molar-refractivity contribution >= 4 is 12.1 Å². The van der Waals surface area contributed by atoms with Crippen LogP contribution < -0.4 is 0 Å². The van der Waals surface area contributed by atoms with Gasteiger partial charge in [-0.3, -0.25) is 9.80 Å². The van der Waals surface area contributed by atoms with Crippen LogP contribution in [-0.4, -0.2) is 85.5 Å². The molecule has 0 bridgehead atoms. The first-order valence-electron chi connectivity index (χ1n) is 7.43. The summed E-state index contributed by atoms with van der Waals surface area (Å²) in [5, 5.41) is 0. The topological polar surface area (TPSA) is 78.2 Å². The van der Waals surface area contributed by atoms with Crippen LogP contribution >= 0.6 is 0 Å². The van der Waals surface area contributed by atoms with Crippen molar-refractivity contribution in [3.63, 3.8) is 0 Å². The van der Waals surface area contributed by atoms with Crippen molar-refractivity contribution in [1.29, 1.82) is 0 Å². The normalized spacial score (nSPS) is 27.7. The van der Waals surface area contributed by atoms with Crippen LogP contribution in [0.25, 0.3) is 0 Å². The lowest BCUT2D eigenvalue weighted by Gasteiger charge is -2.42. The molecule has 0 aliphatic carbocycles. The lowest BCUT2D eigenvalue weighted by Crippen LogP contribution is -2.60. The van der Waals surface area contributed by atoms with Gasteiger partial charge in [0.25, 0.3) is 0 Å². The zero-order chi connectivity index (χ0) is 15.7. The van der Waals surface area contributed by atoms with Gasteiger partial charge in [0, 0.05) is 20.3 Å². The third-order valence-electron chi connectivity index (χ3n) is 3.85. The number of rotatable bonds is 8. The van der Waals surface area contributed by atoms with Crippen molar-refractivity contribution in [3.8, 4) is 0 Å². The molecule has 3 aliphatic heterocycles. The fourth-order valence-electron chi connectivity index (χ4n) is 2.43. The first-order valence-corrected chi connectivity index (χ1v) is 7.43. The SMILES string of the molecule is C=C1N(CCCOC)C(=O)N(CC2CO2)C(=O)N1CC1CO1. The van der Waals surface area contributed by atoms with Gasteiger partial charge in [-0.05, 0) is 6.42 Å². The highest BCUT2D eigenvalue weighted by molar-refractivity contribution is 5.98. The Morgan fingerprint density at radius 3 is 2.18 bits per heavy atom. The van der Waals surface area contributed by atoms with Gasteiger partial charge in [-0.1, -0.05) is 6.58 Å². The zero-order valence-electron chi connectivity index (χ0n) is 12.7. The number of amides is 4. The van der Waals surface area contributed by atoms with Crippen LogP contribution in [0, 0.1) is 0 Å². The second kappa shape index (κ2) is 6.23. The second-order valence-corrected chi connectivity index (χ2v) is 5.61. The van der Waals surface area contributed by atoms with E-state index in [1.54, 1.807) is 7.11 Å². The number of carbonyl (C=O) groups excluding carboxylic acids is 2. The molecule has 8 nitrogen and oxygen atoms in total. The molecule has 3 saturated heterocycles. The largest absolute Gasteiger partial charge is 0.385 e. The molecule has 3 rings (SSSR count). The number of urea groups is 2. The highest BCUT2D eigenvalue weighted by atomic mass is 16.6. The number of hydrogen-bond acceptors (Lipinski definition) is 5. The second-order valence-electron chi connectivity index (χ2n) is 5.61. The molecule has 3 aliphatic rings. The summed E-state index contributed by atoms with van der Waals surface area (Å²) in [5.74, 6) is 0.412. The maximum absolute atomic E-state index is 12.6. The molecule has 0 aromatic rings. The summed E-state index contributed by atoms with van der Waals surface area (Å²) in [4.78, 5) is 29.4. The Morgan fingerprint density at radius 2 is 1.64 bits per heavy atom. The third kappa shape index (κ3) is 3.23. The number of ether oxygens (including phenoxy) is 3. The maximum Gasteiger partial charge on any atom is 0.333 e. The van der Waals surface area contributed by atoms with E-state index in [9.17, 15) is 9.59 Å². The van der Waals surface area contributed by atoms with Crippen molar-refractivity contribution in [2.45, 2.75) is 18.6 Å². The predicted molar refractivity (Wildman–Crippen MR) is 76.0 cm³/mol. The van der Waals surface area contributed by atoms with Gasteiger partial charge >= 0.3 is 12.1 Å². The third-order valence-corrected chi connectivity index (χ3v) is 3.85. The molecule has 0 aromatic carbocycles. The minimum Gasteiger partial charge on any atom is -0.385 e. The molecule has 0 spiro atoms. The number of imide groups is 1. The zero-order valence-corrected chi connectivity index (χ0v) is 12.7. The number of methoxy groups -OCH3 is 1. The minimum absolute atomic E-state index is 0.0359. The molecule has 22 heavy (non-hydrogen) atoms. The molecule has 0 saturated carbocycles. The lowest BCUT2D eigenvalue weighted by atomic mass is 10.3. The Hall–Kier alpha value is -1.64. The molecule has 3 fully saturated rings. The summed E-state index contributed by atoms with van der Waals surface area (Å²) in [6, 6.07) is -0.682. The average Bonchev–Trinajstić information content (AvgIpc) is 3.38. The van der Waals surface area contributed by atoms with Crippen molar-refractivity contribution in [2.24, 2.45) is 0 Å². The number of nitrogens with zero attached hydrogens (tertiary/aromatic N) is 3. The Balaban J connectivity index is 1.72. The molecule has 2 atom stereocenters. The van der Waals surface area contributed by atoms with E-state index in [1.165, 1.54) is 14.7 Å². The van der Waals surface area contributed by atoms with Gasteiger partial charge in [-0.2, -0.15) is 0 Å². The van der Waals surface area contributed by atoms with Crippen LogP contribution in [0.5, 0.6) is 0 Å². The fraction of sp³-hybridized carbons (Fsp3) is 0.714. The lowest BCUT2D eigenvalue weighted by molar-refractivity contribution is 0.0993. The number of hydrogen-bond donors (Lipinski definition) is 0. The Morgan fingerprint density at radius 1 is 1.09 bits per heavy atom. The molecule has 8 heteroatoms. The van der Waals surface area contributed by atoms with E-state index in [1.807, 2.05) is 0 Å². The van der Waals surface area contributed by atoms with Crippen LogP contribution in [0.4, 0.5) is 9.59 Å². The smallest absolute Gasteiger partial charge is 0.333 e. The van der Waals surface area contributed by atoms with Crippen LogP contribution in [0.15, 0.2) is 12.4 Å². The van der Waals surface area contributed by atoms with Gasteiger partial charge in [-0.25, -0.2) is 14.5 Å². The van der Waals surface area contributed by atoms with Crippen LogP contribution in [0.1, 0.15) is 6.42 Å². The van der Waals surface area contributed by atoms with Gasteiger partial charge in [0.1, 0.15) is 5.82 Å². The monoisotopic (exact) mass is 311 g/mol. The molecular weight excluding hydrogens is 290 g/mol. The molecule has 3 heterocycles. The van der Waals surface area contributed by atoms with Crippen LogP contribution in [0.2, 0.25) is 0 Å². The average molecular weight is 311 g/mol. The van der Waals surface area contributed by atoms with Gasteiger partial charge in [-0.15, -0.1) is 0 Å². The molecular formula is C14H21N3O5. The maximum atomic E-state index is 12.6. The fourth-order valence-corrected chi connectivity index (χ4v) is 2.43. The summed E-state index contributed by atoms with van der Waals surface area (Å²) in [7, 11) is 1.61. The molecule has 0 aromatic heterocycles. The molecule has 4 amide bonds. The van der Waals surface area contributed by atoms with Gasteiger partial charge in [0.2, 0.25) is 0 Å². The predicted octanol–water partition coefficient (Wildman–Crippen LogP) is 0.451. The van der Waals surface area contributed by atoms with E-state index in [0.29, 0.717) is 45.2 Å². The molecule has 0 radical (unpaired) electrons. The summed E-state index contributed by atoms with van der Waals surface area (Å²) in [6.07, 6.45) is 0.671.